The van der Waals surface area contributed by atoms with Crippen LogP contribution in [0.1, 0.15) is 27.0 Å². The molecule has 0 radical (unpaired) electrons. The molecule has 10 heteroatoms. The third-order valence-electron chi connectivity index (χ3n) is 4.53. The molecule has 32 heavy (non-hydrogen) atoms. The van der Waals surface area contributed by atoms with E-state index in [0.29, 0.717) is 6.07 Å². The lowest BCUT2D eigenvalue weighted by molar-refractivity contribution is -0.137. The average molecular weight is 456 g/mol. The van der Waals surface area contributed by atoms with Gasteiger partial charge in [0.1, 0.15) is 0 Å². The molecule has 0 saturated heterocycles. The first kappa shape index (κ1) is 22.5. The van der Waals surface area contributed by atoms with Crippen molar-refractivity contribution >= 4 is 25.6 Å². The average Bonchev–Trinajstić information content (AvgIpc) is 2.74. The molecule has 6 nitrogen and oxygen atoms in total. The zero-order valence-electron chi connectivity index (χ0n) is 15.9. The Kier molecular flexibility index (Phi) is 5.76. The molecule has 3 rings (SSSR count). The van der Waals surface area contributed by atoms with Crippen molar-refractivity contribution in [3.8, 4) is 6.07 Å². The lowest BCUT2D eigenvalue weighted by Crippen LogP contribution is -2.12. The van der Waals surface area contributed by atoms with Crippen LogP contribution in [0.25, 0.3) is 14.7 Å². The fraction of sp³-hybridized carbons (Fsp3) is 0.0455. The van der Waals surface area contributed by atoms with Gasteiger partial charge in [-0.15, -0.1) is 0 Å². The number of carboxylic acid groups (broad SMARTS) is 1. The summed E-state index contributed by atoms with van der Waals surface area (Å²) in [7, 11) is -4.39. The number of nitrogens with zero attached hydrogens (tertiary/aromatic N) is 2. The fourth-order valence-corrected chi connectivity index (χ4v) is 4.68. The normalized spacial score (nSPS) is 16.8. The molecular weight excluding hydrogens is 445 g/mol. The van der Waals surface area contributed by atoms with Crippen LogP contribution in [-0.2, 0) is 16.0 Å². The van der Waals surface area contributed by atoms with Crippen LogP contribution in [0.2, 0.25) is 0 Å². The molecule has 2 aromatic carbocycles. The first-order valence-electron chi connectivity index (χ1n) is 8.70. The SMILES string of the molecule is [C-]#[N+]C(C#N)=C1C=C(c2ccc(C(=O)O)cc2)S(=O)(=O)C(c2cccc(C(F)(F)F)c2)=C1. The number of carbonyl (C=O) groups is 1. The minimum Gasteiger partial charge on any atom is -0.478 e. The van der Waals surface area contributed by atoms with Gasteiger partial charge in [0.2, 0.25) is 9.84 Å². The van der Waals surface area contributed by atoms with Gasteiger partial charge in [0.25, 0.3) is 5.70 Å². The Hall–Kier alpha value is -4.15. The van der Waals surface area contributed by atoms with E-state index in [2.05, 4.69) is 4.85 Å². The van der Waals surface area contributed by atoms with Crippen LogP contribution < -0.4 is 0 Å². The number of carboxylic acids is 1. The quantitative estimate of drug-likeness (QED) is 0.523. The van der Waals surface area contributed by atoms with E-state index < -0.39 is 38.1 Å². The second kappa shape index (κ2) is 8.17. The second-order valence-corrected chi connectivity index (χ2v) is 8.40. The molecule has 1 aliphatic rings. The second-order valence-electron chi connectivity index (χ2n) is 6.51. The molecule has 1 N–H and O–H groups in total. The zero-order valence-corrected chi connectivity index (χ0v) is 16.7. The van der Waals surface area contributed by atoms with E-state index in [1.54, 1.807) is 6.07 Å². The topological polar surface area (TPSA) is 99.6 Å². The van der Waals surface area contributed by atoms with E-state index in [1.807, 2.05) is 0 Å². The maximum absolute atomic E-state index is 13.3. The van der Waals surface area contributed by atoms with E-state index in [1.165, 1.54) is 30.3 Å². The van der Waals surface area contributed by atoms with Gasteiger partial charge in [-0.25, -0.2) is 23.3 Å². The van der Waals surface area contributed by atoms with Crippen molar-refractivity contribution in [1.82, 2.24) is 0 Å². The highest BCUT2D eigenvalue weighted by Gasteiger charge is 2.34. The molecule has 0 fully saturated rings. The highest BCUT2D eigenvalue weighted by atomic mass is 32.2. The van der Waals surface area contributed by atoms with Crippen molar-refractivity contribution < 1.29 is 31.5 Å². The predicted octanol–water partition coefficient (Wildman–Crippen LogP) is 4.91. The molecule has 0 unspecified atom stereocenters. The minimum absolute atomic E-state index is 0.0485. The number of halogens is 3. The largest absolute Gasteiger partial charge is 0.478 e. The summed E-state index contributed by atoms with van der Waals surface area (Å²) in [4.78, 5) is 13.2. The Morgan fingerprint density at radius 2 is 1.62 bits per heavy atom. The maximum Gasteiger partial charge on any atom is 0.416 e. The Bertz CT molecular complexity index is 1390. The van der Waals surface area contributed by atoms with E-state index in [0.717, 1.165) is 24.3 Å². The van der Waals surface area contributed by atoms with E-state index in [-0.39, 0.29) is 27.2 Å². The van der Waals surface area contributed by atoms with Crippen LogP contribution in [0.3, 0.4) is 0 Å². The van der Waals surface area contributed by atoms with E-state index >= 15 is 0 Å². The first-order valence-corrected chi connectivity index (χ1v) is 10.2. The summed E-state index contributed by atoms with van der Waals surface area (Å²) in [6.07, 6.45) is -2.66. The summed E-state index contributed by atoms with van der Waals surface area (Å²) in [5.41, 5.74) is -1.94. The fourth-order valence-electron chi connectivity index (χ4n) is 2.99. The molecule has 0 saturated carbocycles. The van der Waals surface area contributed by atoms with Crippen LogP contribution in [0.5, 0.6) is 0 Å². The Morgan fingerprint density at radius 3 is 2.12 bits per heavy atom. The van der Waals surface area contributed by atoms with Crippen LogP contribution >= 0.6 is 0 Å². The summed E-state index contributed by atoms with van der Waals surface area (Å²) in [5.74, 6) is -1.23. The number of sulfone groups is 1. The Morgan fingerprint density at radius 1 is 1.03 bits per heavy atom. The lowest BCUT2D eigenvalue weighted by Gasteiger charge is -2.19. The third kappa shape index (κ3) is 4.17. The summed E-state index contributed by atoms with van der Waals surface area (Å²) < 4.78 is 66.1. The van der Waals surface area contributed by atoms with Crippen LogP contribution in [0.15, 0.2) is 72.0 Å². The number of benzene rings is 2. The Balaban J connectivity index is 2.28. The predicted molar refractivity (Wildman–Crippen MR) is 109 cm³/mol. The number of rotatable bonds is 3. The van der Waals surface area contributed by atoms with Crippen molar-refractivity contribution in [2.24, 2.45) is 0 Å². The highest BCUT2D eigenvalue weighted by Crippen LogP contribution is 2.40. The van der Waals surface area contributed by atoms with Gasteiger partial charge in [-0.2, -0.15) is 13.2 Å². The molecule has 0 spiro atoms. The third-order valence-corrected chi connectivity index (χ3v) is 6.40. The Labute approximate surface area is 180 Å². The maximum atomic E-state index is 13.3. The van der Waals surface area contributed by atoms with Crippen molar-refractivity contribution in [1.29, 1.82) is 5.26 Å². The molecule has 160 valence electrons. The molecule has 1 heterocycles. The van der Waals surface area contributed by atoms with E-state index in [9.17, 15) is 31.6 Å². The minimum atomic E-state index is -4.71. The number of allylic oxidation sites excluding steroid dienone is 4. The van der Waals surface area contributed by atoms with Crippen molar-refractivity contribution in [2.75, 3.05) is 0 Å². The smallest absolute Gasteiger partial charge is 0.416 e. The number of hydrogen-bond acceptors (Lipinski definition) is 4. The van der Waals surface area contributed by atoms with Gasteiger partial charge in [0.15, 0.2) is 0 Å². The summed E-state index contributed by atoms with van der Waals surface area (Å²) in [6, 6.07) is 10.1. The van der Waals surface area contributed by atoms with Gasteiger partial charge in [-0.05, 0) is 53.1 Å². The van der Waals surface area contributed by atoms with Crippen molar-refractivity contribution in [2.45, 2.75) is 6.18 Å². The van der Waals surface area contributed by atoms with Crippen molar-refractivity contribution in [3.05, 3.63) is 106 Å². The molecule has 1 aliphatic heterocycles. The number of nitriles is 1. The summed E-state index contributed by atoms with van der Waals surface area (Å²) in [6.45, 7) is 7.15. The van der Waals surface area contributed by atoms with Gasteiger partial charge in [0, 0.05) is 0 Å². The number of hydrogen-bond donors (Lipinski definition) is 1. The van der Waals surface area contributed by atoms with Gasteiger partial charge >= 0.3 is 12.1 Å². The van der Waals surface area contributed by atoms with Crippen LogP contribution in [-0.4, -0.2) is 19.5 Å². The molecule has 0 amide bonds. The van der Waals surface area contributed by atoms with Crippen LogP contribution in [0.4, 0.5) is 13.2 Å². The number of aromatic carboxylic acids is 1. The molecule has 0 aliphatic carbocycles. The molecule has 0 bridgehead atoms. The monoisotopic (exact) mass is 456 g/mol. The standard InChI is InChI=1S/C22H11F3N2O4S/c1-27-18(12-26)16-10-19(13-5-7-14(8-6-13)21(28)29)32(30,31)20(11-16)15-3-2-4-17(9-15)22(23,24)25/h2-11H,(H,28,29). The summed E-state index contributed by atoms with van der Waals surface area (Å²) in [5, 5.41) is 18.3. The van der Waals surface area contributed by atoms with Gasteiger partial charge < -0.3 is 5.11 Å². The molecule has 2 aromatic rings. The summed E-state index contributed by atoms with van der Waals surface area (Å²) >= 11 is 0. The molecular formula is C22H11F3N2O4S. The van der Waals surface area contributed by atoms with Gasteiger partial charge in [-0.1, -0.05) is 24.3 Å². The number of alkyl halides is 3. The first-order chi connectivity index (χ1) is 15.0. The van der Waals surface area contributed by atoms with Gasteiger partial charge in [-0.3, -0.25) is 0 Å². The highest BCUT2D eigenvalue weighted by molar-refractivity contribution is 8.09. The van der Waals surface area contributed by atoms with Gasteiger partial charge in [0.05, 0.1) is 33.6 Å². The zero-order chi connectivity index (χ0) is 23.7. The van der Waals surface area contributed by atoms with E-state index in [4.69, 9.17) is 11.7 Å². The lowest BCUT2D eigenvalue weighted by atomic mass is 10.0. The van der Waals surface area contributed by atoms with Crippen LogP contribution in [0, 0.1) is 17.9 Å². The molecule has 0 aromatic heterocycles. The van der Waals surface area contributed by atoms with Crippen molar-refractivity contribution in [3.63, 3.8) is 0 Å². The molecule has 0 atom stereocenters.